The van der Waals surface area contributed by atoms with E-state index in [1.807, 2.05) is 11.8 Å². The van der Waals surface area contributed by atoms with Gasteiger partial charge in [-0.3, -0.25) is 4.79 Å². The highest BCUT2D eigenvalue weighted by Crippen LogP contribution is 2.36. The average molecular weight is 314 g/mol. The summed E-state index contributed by atoms with van der Waals surface area (Å²) in [5.41, 5.74) is 0. The van der Waals surface area contributed by atoms with Gasteiger partial charge in [-0.1, -0.05) is 6.92 Å². The number of carbonyl (C=O) groups is 1. The molecule has 0 saturated carbocycles. The van der Waals surface area contributed by atoms with E-state index in [0.717, 1.165) is 18.9 Å². The third kappa shape index (κ3) is 6.59. The molecule has 0 bridgehead atoms. The number of amides is 1. The van der Waals surface area contributed by atoms with Crippen LogP contribution in [0.5, 0.6) is 0 Å². The molecular formula is C15H30N4OS. The van der Waals surface area contributed by atoms with Gasteiger partial charge in [0.25, 0.3) is 0 Å². The van der Waals surface area contributed by atoms with Gasteiger partial charge in [0.05, 0.1) is 0 Å². The number of likely N-dealkylation sites (N-methyl/N-ethyl adjacent to an activating group) is 1. The van der Waals surface area contributed by atoms with Crippen LogP contribution in [0.15, 0.2) is 4.99 Å². The number of rotatable bonds is 6. The fourth-order valence-electron chi connectivity index (χ4n) is 2.02. The van der Waals surface area contributed by atoms with Crippen molar-refractivity contribution < 1.29 is 4.79 Å². The van der Waals surface area contributed by atoms with Gasteiger partial charge in [-0.05, 0) is 38.9 Å². The first kappa shape index (κ1) is 18.1. The smallest absolute Gasteiger partial charge is 0.243 e. The molecule has 2 atom stereocenters. The molecule has 0 aliphatic carbocycles. The van der Waals surface area contributed by atoms with Crippen molar-refractivity contribution in [3.63, 3.8) is 0 Å². The minimum atomic E-state index is 0.0155. The van der Waals surface area contributed by atoms with Crippen LogP contribution in [0.25, 0.3) is 0 Å². The van der Waals surface area contributed by atoms with Crippen LogP contribution in [0, 0.1) is 0 Å². The molecule has 1 aliphatic rings. The average Bonchev–Trinajstić information content (AvgIpc) is 2.88. The lowest BCUT2D eigenvalue weighted by Crippen LogP contribution is -2.47. The first-order valence-corrected chi connectivity index (χ1v) is 8.74. The highest BCUT2D eigenvalue weighted by molar-refractivity contribution is 8.00. The molecule has 1 heterocycles. The van der Waals surface area contributed by atoms with Gasteiger partial charge in [-0.25, -0.2) is 4.99 Å². The fraction of sp³-hybridized carbons (Fsp3) is 0.867. The summed E-state index contributed by atoms with van der Waals surface area (Å²) in [6, 6.07) is 0.342. The van der Waals surface area contributed by atoms with Crippen LogP contribution in [-0.4, -0.2) is 60.5 Å². The Kier molecular flexibility index (Phi) is 7.35. The van der Waals surface area contributed by atoms with Gasteiger partial charge in [0.2, 0.25) is 5.91 Å². The molecule has 0 radical (unpaired) electrons. The second-order valence-electron chi connectivity index (χ2n) is 6.16. The Morgan fingerprint density at radius 2 is 2.19 bits per heavy atom. The molecule has 0 aromatic heterocycles. The van der Waals surface area contributed by atoms with Gasteiger partial charge in [-0.2, -0.15) is 11.8 Å². The monoisotopic (exact) mass is 314 g/mol. The number of thioether (sulfide) groups is 1. The van der Waals surface area contributed by atoms with Crippen LogP contribution < -0.4 is 10.6 Å². The van der Waals surface area contributed by atoms with E-state index in [-0.39, 0.29) is 17.2 Å². The molecule has 0 aromatic carbocycles. The van der Waals surface area contributed by atoms with E-state index in [0.29, 0.717) is 6.04 Å². The molecule has 1 amide bonds. The fourth-order valence-corrected chi connectivity index (χ4v) is 3.27. The number of hydrogen-bond acceptors (Lipinski definition) is 3. The van der Waals surface area contributed by atoms with Crippen molar-refractivity contribution in [1.29, 1.82) is 0 Å². The lowest BCUT2D eigenvalue weighted by atomic mass is 10.1. The molecule has 2 N–H and O–H groups in total. The Balaban J connectivity index is 2.58. The van der Waals surface area contributed by atoms with Crippen molar-refractivity contribution in [2.45, 2.75) is 50.8 Å². The zero-order valence-electron chi connectivity index (χ0n) is 14.0. The SMILES string of the molecule is CCC(C)NC(=NCC(=O)N(C)C)NCC1(C)CCCS1. The Bertz CT molecular complexity index is 365. The van der Waals surface area contributed by atoms with Crippen LogP contribution in [0.4, 0.5) is 0 Å². The Morgan fingerprint density at radius 3 is 2.71 bits per heavy atom. The maximum Gasteiger partial charge on any atom is 0.243 e. The molecule has 2 unspecified atom stereocenters. The Hall–Kier alpha value is -0.910. The maximum absolute atomic E-state index is 11.7. The van der Waals surface area contributed by atoms with Crippen LogP contribution in [-0.2, 0) is 4.79 Å². The summed E-state index contributed by atoms with van der Waals surface area (Å²) >= 11 is 2.02. The number of carbonyl (C=O) groups excluding carboxylic acids is 1. The molecular weight excluding hydrogens is 284 g/mol. The van der Waals surface area contributed by atoms with Crippen molar-refractivity contribution in [3.05, 3.63) is 0 Å². The van der Waals surface area contributed by atoms with E-state index >= 15 is 0 Å². The van der Waals surface area contributed by atoms with Gasteiger partial charge in [0.15, 0.2) is 5.96 Å². The lowest BCUT2D eigenvalue weighted by Gasteiger charge is -2.25. The Morgan fingerprint density at radius 1 is 1.48 bits per heavy atom. The third-order valence-electron chi connectivity index (χ3n) is 3.80. The summed E-state index contributed by atoms with van der Waals surface area (Å²) in [6.07, 6.45) is 3.54. The summed E-state index contributed by atoms with van der Waals surface area (Å²) in [5, 5.41) is 6.77. The Labute approximate surface area is 133 Å². The molecule has 1 saturated heterocycles. The van der Waals surface area contributed by atoms with Crippen molar-refractivity contribution >= 4 is 23.6 Å². The zero-order chi connectivity index (χ0) is 15.9. The minimum Gasteiger partial charge on any atom is -0.355 e. The largest absolute Gasteiger partial charge is 0.355 e. The summed E-state index contributed by atoms with van der Waals surface area (Å²) in [5.74, 6) is 2.00. The van der Waals surface area contributed by atoms with E-state index in [4.69, 9.17) is 0 Å². The van der Waals surface area contributed by atoms with E-state index in [9.17, 15) is 4.79 Å². The molecule has 1 aliphatic heterocycles. The van der Waals surface area contributed by atoms with Crippen molar-refractivity contribution in [3.8, 4) is 0 Å². The molecule has 5 nitrogen and oxygen atoms in total. The van der Waals surface area contributed by atoms with Crippen molar-refractivity contribution in [1.82, 2.24) is 15.5 Å². The quantitative estimate of drug-likeness (QED) is 0.579. The second-order valence-corrected chi connectivity index (χ2v) is 7.84. The van der Waals surface area contributed by atoms with Gasteiger partial charge in [-0.15, -0.1) is 0 Å². The van der Waals surface area contributed by atoms with Crippen LogP contribution in [0.3, 0.4) is 0 Å². The number of hydrogen-bond donors (Lipinski definition) is 2. The highest BCUT2D eigenvalue weighted by atomic mass is 32.2. The lowest BCUT2D eigenvalue weighted by molar-refractivity contribution is -0.127. The molecule has 0 spiro atoms. The molecule has 21 heavy (non-hydrogen) atoms. The van der Waals surface area contributed by atoms with Gasteiger partial charge in [0, 0.05) is 31.4 Å². The molecule has 0 aromatic rings. The first-order valence-electron chi connectivity index (χ1n) is 7.75. The maximum atomic E-state index is 11.7. The van der Waals surface area contributed by atoms with Crippen LogP contribution in [0.1, 0.15) is 40.0 Å². The number of nitrogens with zero attached hydrogens (tertiary/aromatic N) is 2. The van der Waals surface area contributed by atoms with E-state index in [1.165, 1.54) is 18.6 Å². The highest BCUT2D eigenvalue weighted by Gasteiger charge is 2.29. The number of aliphatic imine (C=N–C) groups is 1. The molecule has 1 rings (SSSR count). The predicted molar refractivity (Wildman–Crippen MR) is 92.0 cm³/mol. The molecule has 122 valence electrons. The molecule has 1 fully saturated rings. The van der Waals surface area contributed by atoms with E-state index in [1.54, 1.807) is 19.0 Å². The first-order chi connectivity index (χ1) is 9.86. The number of guanidine groups is 1. The summed E-state index contributed by atoms with van der Waals surface area (Å²) < 4.78 is 0.281. The van der Waals surface area contributed by atoms with Crippen molar-refractivity contribution in [2.24, 2.45) is 4.99 Å². The van der Waals surface area contributed by atoms with Gasteiger partial charge in [0.1, 0.15) is 6.54 Å². The predicted octanol–water partition coefficient (Wildman–Crippen LogP) is 1.69. The molecule has 6 heteroatoms. The third-order valence-corrected chi connectivity index (χ3v) is 5.34. The van der Waals surface area contributed by atoms with Crippen LogP contribution in [0.2, 0.25) is 0 Å². The summed E-state index contributed by atoms with van der Waals surface area (Å²) in [6.45, 7) is 7.62. The normalized spacial score (nSPS) is 23.8. The standard InChI is InChI=1S/C15H30N4OS/c1-6-12(2)18-14(16-10-13(20)19(4)5)17-11-15(3)8-7-9-21-15/h12H,6-11H2,1-5H3,(H2,16,17,18). The topological polar surface area (TPSA) is 56.7 Å². The summed E-state index contributed by atoms with van der Waals surface area (Å²) in [7, 11) is 3.51. The van der Waals surface area contributed by atoms with Gasteiger partial charge < -0.3 is 15.5 Å². The minimum absolute atomic E-state index is 0.0155. The van der Waals surface area contributed by atoms with Crippen molar-refractivity contribution in [2.75, 3.05) is 32.9 Å². The zero-order valence-corrected chi connectivity index (χ0v) is 14.8. The number of nitrogens with one attached hydrogen (secondary N) is 2. The van der Waals surface area contributed by atoms with Crippen LogP contribution >= 0.6 is 11.8 Å². The van der Waals surface area contributed by atoms with E-state index in [2.05, 4.69) is 36.4 Å². The second kappa shape index (κ2) is 8.51. The summed E-state index contributed by atoms with van der Waals surface area (Å²) in [4.78, 5) is 17.7. The van der Waals surface area contributed by atoms with Gasteiger partial charge >= 0.3 is 0 Å². The van der Waals surface area contributed by atoms with E-state index < -0.39 is 0 Å².